The Balaban J connectivity index is 1.51. The van der Waals surface area contributed by atoms with Crippen molar-refractivity contribution < 1.29 is 9.59 Å². The van der Waals surface area contributed by atoms with Gasteiger partial charge in [0.25, 0.3) is 11.8 Å². The first-order chi connectivity index (χ1) is 11.7. The Kier molecular flexibility index (Phi) is 3.88. The van der Waals surface area contributed by atoms with E-state index in [4.69, 9.17) is 0 Å². The van der Waals surface area contributed by atoms with Gasteiger partial charge in [0.1, 0.15) is 5.69 Å². The molecule has 0 unspecified atom stereocenters. The van der Waals surface area contributed by atoms with Crippen LogP contribution in [0.4, 0.5) is 0 Å². The monoisotopic (exact) mass is 326 g/mol. The van der Waals surface area contributed by atoms with E-state index in [9.17, 15) is 9.59 Å². The van der Waals surface area contributed by atoms with Crippen LogP contribution >= 0.6 is 0 Å². The predicted molar refractivity (Wildman–Crippen MR) is 90.0 cm³/mol. The zero-order valence-electron chi connectivity index (χ0n) is 13.7. The Morgan fingerprint density at radius 3 is 2.42 bits per heavy atom. The summed E-state index contributed by atoms with van der Waals surface area (Å²) in [6.45, 7) is 3.71. The van der Waals surface area contributed by atoms with E-state index in [2.05, 4.69) is 9.55 Å². The lowest BCUT2D eigenvalue weighted by atomic mass is 10.2. The molecule has 0 atom stereocenters. The molecule has 2 amide bonds. The largest absolute Gasteiger partial charge is 0.367 e. The highest BCUT2D eigenvalue weighted by molar-refractivity contribution is 5.94. The molecule has 2 aliphatic heterocycles. The third kappa shape index (κ3) is 2.62. The van der Waals surface area contributed by atoms with E-state index < -0.39 is 0 Å². The molecule has 0 radical (unpaired) electrons. The highest BCUT2D eigenvalue weighted by atomic mass is 16.2. The highest BCUT2D eigenvalue weighted by Crippen LogP contribution is 2.19. The Hall–Kier alpha value is -2.50. The van der Waals surface area contributed by atoms with Crippen LogP contribution in [0.2, 0.25) is 0 Å². The van der Waals surface area contributed by atoms with Crippen LogP contribution in [0.3, 0.4) is 0 Å². The molecular weight excluding hydrogens is 304 g/mol. The Morgan fingerprint density at radius 1 is 0.875 bits per heavy atom. The van der Waals surface area contributed by atoms with Gasteiger partial charge in [-0.1, -0.05) is 0 Å². The summed E-state index contributed by atoms with van der Waals surface area (Å²) in [4.78, 5) is 32.0. The van der Waals surface area contributed by atoms with Crippen LogP contribution in [0.15, 0.2) is 30.6 Å². The van der Waals surface area contributed by atoms with Gasteiger partial charge in [-0.05, 0) is 31.0 Å². The summed E-state index contributed by atoms with van der Waals surface area (Å²) in [6.07, 6.45) is 6.47. The van der Waals surface area contributed by atoms with Crippen LogP contribution in [-0.4, -0.2) is 57.3 Å². The van der Waals surface area contributed by atoms with E-state index in [0.717, 1.165) is 43.7 Å². The second kappa shape index (κ2) is 6.19. The van der Waals surface area contributed by atoms with Crippen molar-refractivity contribution in [2.24, 2.45) is 0 Å². The summed E-state index contributed by atoms with van der Waals surface area (Å²) in [5, 5.41) is 0. The molecule has 0 saturated carbocycles. The number of hydrogen-bond acceptors (Lipinski definition) is 2. The molecule has 1 fully saturated rings. The quantitative estimate of drug-likeness (QED) is 0.914. The molecule has 2 aliphatic rings. The summed E-state index contributed by atoms with van der Waals surface area (Å²) in [5.74, 6) is 0.179. The number of likely N-dealkylation sites (tertiary alicyclic amines) is 1. The van der Waals surface area contributed by atoms with Crippen molar-refractivity contribution in [3.8, 4) is 0 Å². The third-order valence-corrected chi connectivity index (χ3v) is 5.05. The maximum Gasteiger partial charge on any atom is 0.270 e. The van der Waals surface area contributed by atoms with Gasteiger partial charge in [0, 0.05) is 57.2 Å². The van der Waals surface area contributed by atoms with Crippen LogP contribution in [-0.2, 0) is 13.0 Å². The third-order valence-electron chi connectivity index (χ3n) is 5.05. The summed E-state index contributed by atoms with van der Waals surface area (Å²) >= 11 is 0. The lowest BCUT2D eigenvalue weighted by Crippen LogP contribution is -2.34. The van der Waals surface area contributed by atoms with Gasteiger partial charge in [0.15, 0.2) is 0 Å². The fourth-order valence-corrected chi connectivity index (χ4v) is 3.69. The average Bonchev–Trinajstić information content (AvgIpc) is 3.34. The van der Waals surface area contributed by atoms with E-state index in [0.29, 0.717) is 25.2 Å². The van der Waals surface area contributed by atoms with E-state index >= 15 is 0 Å². The lowest BCUT2D eigenvalue weighted by Gasteiger charge is -2.20. The normalized spacial score (nSPS) is 17.7. The maximum absolute atomic E-state index is 12.7. The van der Waals surface area contributed by atoms with Crippen LogP contribution in [0, 0.1) is 0 Å². The molecule has 6 heteroatoms. The molecule has 1 N–H and O–H groups in total. The van der Waals surface area contributed by atoms with Crippen LogP contribution in [0.1, 0.15) is 39.4 Å². The van der Waals surface area contributed by atoms with Crippen LogP contribution in [0.25, 0.3) is 0 Å². The molecule has 0 bridgehead atoms. The molecule has 24 heavy (non-hydrogen) atoms. The first kappa shape index (κ1) is 15.1. The van der Waals surface area contributed by atoms with Gasteiger partial charge in [-0.25, -0.2) is 0 Å². The number of carbonyl (C=O) groups is 2. The van der Waals surface area contributed by atoms with Gasteiger partial charge in [-0.3, -0.25) is 9.59 Å². The van der Waals surface area contributed by atoms with E-state index in [1.165, 1.54) is 0 Å². The Bertz CT molecular complexity index is 741. The molecule has 0 spiro atoms. The average molecular weight is 326 g/mol. The first-order valence-corrected chi connectivity index (χ1v) is 8.64. The van der Waals surface area contributed by atoms with Gasteiger partial charge < -0.3 is 19.4 Å². The number of nitrogens with one attached hydrogen (secondary N) is 1. The topological polar surface area (TPSA) is 61.3 Å². The number of carbonyl (C=O) groups excluding carboxylic acids is 2. The fraction of sp³-hybridized carbons (Fsp3) is 0.444. The van der Waals surface area contributed by atoms with Gasteiger partial charge in [-0.2, -0.15) is 0 Å². The SMILES string of the molecule is O=C(c1cc[nH]c1)N1CCc2ccc(C(=O)N3CCCC3)n2CC1. The molecular formula is C18H22N4O2. The van der Waals surface area contributed by atoms with Crippen molar-refractivity contribution >= 4 is 11.8 Å². The zero-order chi connectivity index (χ0) is 16.5. The Morgan fingerprint density at radius 2 is 1.67 bits per heavy atom. The molecule has 6 nitrogen and oxygen atoms in total. The smallest absolute Gasteiger partial charge is 0.270 e. The van der Waals surface area contributed by atoms with Gasteiger partial charge in [-0.15, -0.1) is 0 Å². The van der Waals surface area contributed by atoms with Crippen LogP contribution in [0.5, 0.6) is 0 Å². The number of nitrogens with zero attached hydrogens (tertiary/aromatic N) is 3. The van der Waals surface area contributed by atoms with Gasteiger partial charge in [0.2, 0.25) is 0 Å². The molecule has 2 aromatic rings. The standard InChI is InChI=1S/C18H22N4O2/c23-17(14-5-7-19-13-14)21-10-6-15-3-4-16(22(15)12-11-21)18(24)20-8-1-2-9-20/h3-5,7,13,19H,1-2,6,8-12H2. The van der Waals surface area contributed by atoms with E-state index in [-0.39, 0.29) is 11.8 Å². The molecule has 0 aliphatic carbocycles. The molecule has 0 aromatic carbocycles. The predicted octanol–water partition coefficient (Wildman–Crippen LogP) is 1.75. The zero-order valence-corrected chi connectivity index (χ0v) is 13.7. The number of aromatic nitrogens is 2. The number of hydrogen-bond donors (Lipinski definition) is 1. The van der Waals surface area contributed by atoms with Gasteiger partial charge >= 0.3 is 0 Å². The first-order valence-electron chi connectivity index (χ1n) is 8.64. The van der Waals surface area contributed by atoms with Crippen molar-refractivity contribution in [2.45, 2.75) is 25.8 Å². The summed E-state index contributed by atoms with van der Waals surface area (Å²) in [5.41, 5.74) is 2.60. The maximum atomic E-state index is 12.7. The molecule has 1 saturated heterocycles. The van der Waals surface area contributed by atoms with Crippen LogP contribution < -0.4 is 0 Å². The van der Waals surface area contributed by atoms with Crippen molar-refractivity contribution in [3.63, 3.8) is 0 Å². The van der Waals surface area contributed by atoms with Crippen molar-refractivity contribution in [3.05, 3.63) is 47.5 Å². The molecule has 2 aromatic heterocycles. The summed E-state index contributed by atoms with van der Waals surface area (Å²) in [7, 11) is 0. The minimum atomic E-state index is 0.0504. The summed E-state index contributed by atoms with van der Waals surface area (Å²) in [6, 6.07) is 5.78. The van der Waals surface area contributed by atoms with Crippen molar-refractivity contribution in [2.75, 3.05) is 26.2 Å². The number of rotatable bonds is 2. The van der Waals surface area contributed by atoms with E-state index in [1.807, 2.05) is 21.9 Å². The molecule has 4 rings (SSSR count). The molecule has 126 valence electrons. The highest BCUT2D eigenvalue weighted by Gasteiger charge is 2.26. The number of fused-ring (bicyclic) bond motifs is 1. The minimum Gasteiger partial charge on any atom is -0.367 e. The fourth-order valence-electron chi connectivity index (χ4n) is 3.69. The second-order valence-electron chi connectivity index (χ2n) is 6.50. The van der Waals surface area contributed by atoms with E-state index in [1.54, 1.807) is 18.5 Å². The van der Waals surface area contributed by atoms with Gasteiger partial charge in [0.05, 0.1) is 5.56 Å². The van der Waals surface area contributed by atoms with Crippen molar-refractivity contribution in [1.82, 2.24) is 19.4 Å². The number of H-pyrrole nitrogens is 1. The minimum absolute atomic E-state index is 0.0504. The van der Waals surface area contributed by atoms with Crippen molar-refractivity contribution in [1.29, 1.82) is 0 Å². The molecule has 4 heterocycles. The summed E-state index contributed by atoms with van der Waals surface area (Å²) < 4.78 is 2.10. The second-order valence-corrected chi connectivity index (χ2v) is 6.50. The lowest BCUT2D eigenvalue weighted by molar-refractivity contribution is 0.0758. The Labute approximate surface area is 141 Å². The number of aromatic amines is 1. The number of amides is 2.